The van der Waals surface area contributed by atoms with E-state index >= 15 is 0 Å². The van der Waals surface area contributed by atoms with Crippen molar-refractivity contribution in [3.8, 4) is 21.9 Å². The van der Waals surface area contributed by atoms with E-state index in [9.17, 15) is 0 Å². The lowest BCUT2D eigenvalue weighted by Gasteiger charge is -2.12. The lowest BCUT2D eigenvalue weighted by atomic mass is 10.1. The molecule has 0 unspecified atom stereocenters. The van der Waals surface area contributed by atoms with Gasteiger partial charge in [0.2, 0.25) is 0 Å². The Balaban J connectivity index is 2.55. The van der Waals surface area contributed by atoms with E-state index in [1.165, 1.54) is 0 Å². The molecule has 0 saturated heterocycles. The van der Waals surface area contributed by atoms with E-state index in [-0.39, 0.29) is 0 Å². The Morgan fingerprint density at radius 1 is 1.28 bits per heavy atom. The van der Waals surface area contributed by atoms with Crippen LogP contribution in [0.3, 0.4) is 0 Å². The molecule has 96 valence electrons. The highest BCUT2D eigenvalue weighted by Crippen LogP contribution is 2.39. The van der Waals surface area contributed by atoms with Crippen LogP contribution >= 0.6 is 11.3 Å². The lowest BCUT2D eigenvalue weighted by molar-refractivity contribution is 0.395. The zero-order chi connectivity index (χ0) is 13.1. The van der Waals surface area contributed by atoms with Gasteiger partial charge in [-0.25, -0.2) is 4.98 Å². The van der Waals surface area contributed by atoms with Crippen molar-refractivity contribution in [1.82, 2.24) is 4.98 Å². The zero-order valence-corrected chi connectivity index (χ0v) is 11.5. The Morgan fingerprint density at radius 2 is 2.06 bits per heavy atom. The largest absolute Gasteiger partial charge is 0.497 e. The molecule has 0 fully saturated rings. The molecular weight excluding hydrogens is 248 g/mol. The monoisotopic (exact) mass is 264 g/mol. The summed E-state index contributed by atoms with van der Waals surface area (Å²) in [5, 5.41) is 0.919. The number of nitrogens with zero attached hydrogens (tertiary/aromatic N) is 1. The number of rotatable bonds is 4. The van der Waals surface area contributed by atoms with Gasteiger partial charge in [0, 0.05) is 24.4 Å². The molecule has 0 radical (unpaired) electrons. The fourth-order valence-corrected chi connectivity index (χ4v) is 2.75. The minimum absolute atomic E-state index is 0.461. The highest BCUT2D eigenvalue weighted by atomic mass is 32.1. The fraction of sp³-hybridized carbons (Fsp3) is 0.308. The van der Waals surface area contributed by atoms with Crippen LogP contribution in [0.25, 0.3) is 10.4 Å². The van der Waals surface area contributed by atoms with E-state index in [4.69, 9.17) is 15.2 Å². The SMILES string of the molecule is COc1cc(C)c(-c2cnc(CN)s2)c(OC)c1. The third-order valence-electron chi connectivity index (χ3n) is 2.70. The van der Waals surface area contributed by atoms with Gasteiger partial charge in [0.1, 0.15) is 16.5 Å². The lowest BCUT2D eigenvalue weighted by Crippen LogP contribution is -1.93. The van der Waals surface area contributed by atoms with E-state index in [2.05, 4.69) is 4.98 Å². The highest BCUT2D eigenvalue weighted by Gasteiger charge is 2.14. The van der Waals surface area contributed by atoms with Gasteiger partial charge in [-0.05, 0) is 18.6 Å². The van der Waals surface area contributed by atoms with Crippen LogP contribution in [0.4, 0.5) is 0 Å². The van der Waals surface area contributed by atoms with Crippen LogP contribution in [0.5, 0.6) is 11.5 Å². The minimum Gasteiger partial charge on any atom is -0.497 e. The highest BCUT2D eigenvalue weighted by molar-refractivity contribution is 7.15. The first kappa shape index (κ1) is 12.9. The first-order valence-electron chi connectivity index (χ1n) is 5.57. The second-order valence-corrected chi connectivity index (χ2v) is 4.96. The van der Waals surface area contributed by atoms with E-state index < -0.39 is 0 Å². The molecule has 2 aromatic rings. The zero-order valence-electron chi connectivity index (χ0n) is 10.7. The Hall–Kier alpha value is -1.59. The van der Waals surface area contributed by atoms with Crippen molar-refractivity contribution < 1.29 is 9.47 Å². The molecule has 1 aromatic carbocycles. The van der Waals surface area contributed by atoms with E-state index in [0.29, 0.717) is 6.54 Å². The number of aromatic nitrogens is 1. The van der Waals surface area contributed by atoms with Crippen molar-refractivity contribution in [3.05, 3.63) is 28.9 Å². The number of ether oxygens (including phenoxy) is 2. The molecule has 0 spiro atoms. The van der Waals surface area contributed by atoms with Crippen molar-refractivity contribution in [2.24, 2.45) is 5.73 Å². The Kier molecular flexibility index (Phi) is 3.84. The summed E-state index contributed by atoms with van der Waals surface area (Å²) in [5.41, 5.74) is 7.74. The molecule has 1 aromatic heterocycles. The van der Waals surface area contributed by atoms with Crippen molar-refractivity contribution >= 4 is 11.3 Å². The maximum atomic E-state index is 5.59. The molecule has 1 heterocycles. The molecule has 0 aliphatic carbocycles. The number of benzene rings is 1. The summed E-state index contributed by atoms with van der Waals surface area (Å²) >= 11 is 1.59. The van der Waals surface area contributed by atoms with E-state index in [0.717, 1.165) is 32.5 Å². The van der Waals surface area contributed by atoms with Crippen LogP contribution < -0.4 is 15.2 Å². The summed E-state index contributed by atoms with van der Waals surface area (Å²) in [6.45, 7) is 2.49. The molecule has 0 amide bonds. The van der Waals surface area contributed by atoms with Gasteiger partial charge in [-0.3, -0.25) is 0 Å². The van der Waals surface area contributed by atoms with Crippen molar-refractivity contribution in [3.63, 3.8) is 0 Å². The third kappa shape index (κ3) is 2.32. The van der Waals surface area contributed by atoms with Gasteiger partial charge in [-0.1, -0.05) is 0 Å². The summed E-state index contributed by atoms with van der Waals surface area (Å²) in [7, 11) is 3.30. The second-order valence-electron chi connectivity index (χ2n) is 3.84. The molecule has 0 aliphatic rings. The molecule has 18 heavy (non-hydrogen) atoms. The van der Waals surface area contributed by atoms with Gasteiger partial charge in [-0.2, -0.15) is 0 Å². The quantitative estimate of drug-likeness (QED) is 0.922. The average Bonchev–Trinajstić information content (AvgIpc) is 2.85. The molecule has 0 aliphatic heterocycles. The molecule has 2 rings (SSSR count). The Morgan fingerprint density at radius 3 is 2.61 bits per heavy atom. The number of nitrogens with two attached hydrogens (primary N) is 1. The van der Waals surface area contributed by atoms with Crippen LogP contribution in [0.15, 0.2) is 18.3 Å². The summed E-state index contributed by atoms with van der Waals surface area (Å²) in [5.74, 6) is 1.58. The first-order valence-corrected chi connectivity index (χ1v) is 6.39. The topological polar surface area (TPSA) is 57.4 Å². The van der Waals surface area contributed by atoms with Crippen molar-refractivity contribution in [2.45, 2.75) is 13.5 Å². The Bertz CT molecular complexity index is 552. The van der Waals surface area contributed by atoms with Gasteiger partial charge < -0.3 is 15.2 Å². The Labute approximate surface area is 110 Å². The maximum Gasteiger partial charge on any atom is 0.131 e. The van der Waals surface area contributed by atoms with Crippen LogP contribution in [0.2, 0.25) is 0 Å². The van der Waals surface area contributed by atoms with Crippen molar-refractivity contribution in [2.75, 3.05) is 14.2 Å². The summed E-state index contributed by atoms with van der Waals surface area (Å²) in [6.07, 6.45) is 1.84. The van der Waals surface area contributed by atoms with Crippen LogP contribution in [0, 0.1) is 6.92 Å². The first-order chi connectivity index (χ1) is 8.69. The number of thiazole rings is 1. The second kappa shape index (κ2) is 5.37. The number of aryl methyl sites for hydroxylation is 1. The normalized spacial score (nSPS) is 10.4. The summed E-state index contributed by atoms with van der Waals surface area (Å²) in [4.78, 5) is 5.34. The fourth-order valence-electron chi connectivity index (χ4n) is 1.84. The van der Waals surface area contributed by atoms with Gasteiger partial charge in [0.25, 0.3) is 0 Å². The smallest absolute Gasteiger partial charge is 0.131 e. The van der Waals surface area contributed by atoms with Crippen LogP contribution in [-0.2, 0) is 6.54 Å². The predicted molar refractivity (Wildman–Crippen MR) is 73.3 cm³/mol. The average molecular weight is 264 g/mol. The standard InChI is InChI=1S/C13H16N2O2S/c1-8-4-9(16-2)5-10(17-3)13(8)11-7-15-12(6-14)18-11/h4-5,7H,6,14H2,1-3H3. The van der Waals surface area contributed by atoms with Gasteiger partial charge in [0.15, 0.2) is 0 Å². The predicted octanol–water partition coefficient (Wildman–Crippen LogP) is 2.59. The number of hydrogen-bond donors (Lipinski definition) is 1. The van der Waals surface area contributed by atoms with E-state index in [1.807, 2.05) is 25.3 Å². The van der Waals surface area contributed by atoms with Gasteiger partial charge >= 0.3 is 0 Å². The number of methoxy groups -OCH3 is 2. The molecule has 2 N–H and O–H groups in total. The summed E-state index contributed by atoms with van der Waals surface area (Å²) in [6, 6.07) is 3.86. The van der Waals surface area contributed by atoms with Gasteiger partial charge in [0.05, 0.1) is 19.1 Å². The molecule has 0 saturated carbocycles. The molecule has 4 nitrogen and oxygen atoms in total. The summed E-state index contributed by atoms with van der Waals surface area (Å²) < 4.78 is 10.7. The van der Waals surface area contributed by atoms with Crippen LogP contribution in [-0.4, -0.2) is 19.2 Å². The molecular formula is C13H16N2O2S. The minimum atomic E-state index is 0.461. The molecule has 0 atom stereocenters. The molecule has 0 bridgehead atoms. The molecule has 5 heteroatoms. The third-order valence-corrected chi connectivity index (χ3v) is 3.74. The van der Waals surface area contributed by atoms with Crippen molar-refractivity contribution in [1.29, 1.82) is 0 Å². The maximum absolute atomic E-state index is 5.59. The van der Waals surface area contributed by atoms with E-state index in [1.54, 1.807) is 25.6 Å². The number of hydrogen-bond acceptors (Lipinski definition) is 5. The van der Waals surface area contributed by atoms with Crippen LogP contribution in [0.1, 0.15) is 10.6 Å². The van der Waals surface area contributed by atoms with Gasteiger partial charge in [-0.15, -0.1) is 11.3 Å².